The maximum absolute atomic E-state index is 6.31. The van der Waals surface area contributed by atoms with Crippen molar-refractivity contribution in [3.8, 4) is 5.75 Å². The van der Waals surface area contributed by atoms with Gasteiger partial charge < -0.3 is 10.5 Å². The van der Waals surface area contributed by atoms with Crippen LogP contribution in [0.4, 0.5) is 0 Å². The van der Waals surface area contributed by atoms with Gasteiger partial charge in [-0.15, -0.1) is 12.4 Å². The molecule has 2 nitrogen and oxygen atoms in total. The minimum atomic E-state index is 0. The SMILES string of the molecule is CCC(C)[C@H](N)c1cc(C(C)C)ccc1OC.Cl. The van der Waals surface area contributed by atoms with Crippen molar-refractivity contribution < 1.29 is 4.74 Å². The lowest BCUT2D eigenvalue weighted by molar-refractivity contribution is 0.388. The summed E-state index contributed by atoms with van der Waals surface area (Å²) < 4.78 is 5.42. The molecule has 1 aromatic carbocycles. The highest BCUT2D eigenvalue weighted by atomic mass is 35.5. The van der Waals surface area contributed by atoms with Crippen molar-refractivity contribution >= 4 is 12.4 Å². The van der Waals surface area contributed by atoms with E-state index in [1.165, 1.54) is 5.56 Å². The van der Waals surface area contributed by atoms with Crippen LogP contribution in [0.15, 0.2) is 18.2 Å². The normalized spacial score (nSPS) is 13.9. The minimum Gasteiger partial charge on any atom is -0.496 e. The first-order valence-electron chi connectivity index (χ1n) is 6.44. The summed E-state index contributed by atoms with van der Waals surface area (Å²) in [5, 5.41) is 0. The van der Waals surface area contributed by atoms with Crippen LogP contribution in [-0.4, -0.2) is 7.11 Å². The monoisotopic (exact) mass is 271 g/mol. The Hall–Kier alpha value is -0.730. The highest BCUT2D eigenvalue weighted by Crippen LogP contribution is 2.32. The highest BCUT2D eigenvalue weighted by molar-refractivity contribution is 5.85. The van der Waals surface area contributed by atoms with E-state index in [9.17, 15) is 0 Å². The lowest BCUT2D eigenvalue weighted by Gasteiger charge is -2.22. The smallest absolute Gasteiger partial charge is 0.123 e. The second-order valence-electron chi connectivity index (χ2n) is 5.07. The van der Waals surface area contributed by atoms with E-state index in [-0.39, 0.29) is 18.4 Å². The van der Waals surface area contributed by atoms with Gasteiger partial charge in [-0.3, -0.25) is 0 Å². The molecule has 0 saturated carbocycles. The van der Waals surface area contributed by atoms with Crippen LogP contribution in [0.5, 0.6) is 5.75 Å². The number of nitrogens with two attached hydrogens (primary N) is 1. The Morgan fingerprint density at radius 2 is 1.83 bits per heavy atom. The van der Waals surface area contributed by atoms with Gasteiger partial charge in [0.1, 0.15) is 5.75 Å². The first kappa shape index (κ1) is 17.3. The second-order valence-corrected chi connectivity index (χ2v) is 5.07. The first-order chi connectivity index (χ1) is 8.01. The largest absolute Gasteiger partial charge is 0.496 e. The van der Waals surface area contributed by atoms with Crippen LogP contribution in [0.25, 0.3) is 0 Å². The van der Waals surface area contributed by atoms with Crippen LogP contribution in [0.1, 0.15) is 57.2 Å². The summed E-state index contributed by atoms with van der Waals surface area (Å²) >= 11 is 0. The van der Waals surface area contributed by atoms with Crippen molar-refractivity contribution in [3.05, 3.63) is 29.3 Å². The quantitative estimate of drug-likeness (QED) is 0.867. The predicted octanol–water partition coefficient (Wildman–Crippen LogP) is 4.29. The topological polar surface area (TPSA) is 35.2 Å². The molecular formula is C15H26ClNO. The molecule has 0 aliphatic rings. The molecule has 1 rings (SSSR count). The number of methoxy groups -OCH3 is 1. The fraction of sp³-hybridized carbons (Fsp3) is 0.600. The van der Waals surface area contributed by atoms with Crippen LogP contribution >= 0.6 is 12.4 Å². The molecule has 0 aromatic heterocycles. The molecule has 1 aromatic rings. The molecule has 2 atom stereocenters. The third kappa shape index (κ3) is 3.89. The number of ether oxygens (including phenoxy) is 1. The molecule has 0 saturated heterocycles. The summed E-state index contributed by atoms with van der Waals surface area (Å²) in [6.45, 7) is 8.75. The van der Waals surface area contributed by atoms with Crippen molar-refractivity contribution in [2.75, 3.05) is 7.11 Å². The Bertz CT molecular complexity index is 366. The maximum Gasteiger partial charge on any atom is 0.123 e. The molecule has 0 aliphatic carbocycles. The third-order valence-electron chi connectivity index (χ3n) is 3.54. The lowest BCUT2D eigenvalue weighted by atomic mass is 9.90. The minimum absolute atomic E-state index is 0. The van der Waals surface area contributed by atoms with E-state index in [1.54, 1.807) is 7.11 Å². The Morgan fingerprint density at radius 3 is 2.28 bits per heavy atom. The molecule has 0 heterocycles. The first-order valence-corrected chi connectivity index (χ1v) is 6.44. The van der Waals surface area contributed by atoms with Gasteiger partial charge in [-0.2, -0.15) is 0 Å². The number of hydrogen-bond acceptors (Lipinski definition) is 2. The number of halogens is 1. The number of rotatable bonds is 5. The average Bonchev–Trinajstić information content (AvgIpc) is 2.35. The molecule has 0 aliphatic heterocycles. The third-order valence-corrected chi connectivity index (χ3v) is 3.54. The van der Waals surface area contributed by atoms with Gasteiger partial charge in [0.2, 0.25) is 0 Å². The van der Waals surface area contributed by atoms with Crippen LogP contribution in [-0.2, 0) is 0 Å². The Balaban J connectivity index is 0.00000289. The van der Waals surface area contributed by atoms with E-state index >= 15 is 0 Å². The zero-order chi connectivity index (χ0) is 13.0. The van der Waals surface area contributed by atoms with E-state index in [1.807, 2.05) is 6.07 Å². The fourth-order valence-corrected chi connectivity index (χ4v) is 1.93. The molecule has 2 N–H and O–H groups in total. The summed E-state index contributed by atoms with van der Waals surface area (Å²) in [6.07, 6.45) is 1.08. The van der Waals surface area contributed by atoms with Gasteiger partial charge >= 0.3 is 0 Å². The van der Waals surface area contributed by atoms with Gasteiger partial charge in [0.15, 0.2) is 0 Å². The van der Waals surface area contributed by atoms with Crippen molar-refractivity contribution in [2.45, 2.75) is 46.1 Å². The standard InChI is InChI=1S/C15H25NO.ClH/c1-6-11(4)15(16)13-9-12(10(2)3)7-8-14(13)17-5;/h7-11,15H,6,16H2,1-5H3;1H/t11?,15-;/m0./s1. The van der Waals surface area contributed by atoms with Gasteiger partial charge in [0, 0.05) is 11.6 Å². The lowest BCUT2D eigenvalue weighted by Crippen LogP contribution is -2.19. The molecule has 1 unspecified atom stereocenters. The average molecular weight is 272 g/mol. The molecule has 0 radical (unpaired) electrons. The van der Waals surface area contributed by atoms with Crippen molar-refractivity contribution in [2.24, 2.45) is 11.7 Å². The van der Waals surface area contributed by atoms with Gasteiger partial charge in [-0.1, -0.05) is 46.2 Å². The Labute approximate surface area is 117 Å². The van der Waals surface area contributed by atoms with Crippen LogP contribution < -0.4 is 10.5 Å². The highest BCUT2D eigenvalue weighted by Gasteiger charge is 2.18. The number of hydrogen-bond donors (Lipinski definition) is 1. The molecule has 0 bridgehead atoms. The predicted molar refractivity (Wildman–Crippen MR) is 80.7 cm³/mol. The molecule has 104 valence electrons. The Kier molecular flexibility index (Phi) is 7.34. The fourth-order valence-electron chi connectivity index (χ4n) is 1.93. The summed E-state index contributed by atoms with van der Waals surface area (Å²) in [4.78, 5) is 0. The van der Waals surface area contributed by atoms with Gasteiger partial charge in [-0.05, 0) is 23.5 Å². The maximum atomic E-state index is 6.31. The summed E-state index contributed by atoms with van der Waals surface area (Å²) in [7, 11) is 1.71. The van der Waals surface area contributed by atoms with Crippen LogP contribution in [0.3, 0.4) is 0 Å². The number of benzene rings is 1. The Morgan fingerprint density at radius 1 is 1.22 bits per heavy atom. The molecule has 0 fully saturated rings. The summed E-state index contributed by atoms with van der Waals surface area (Å²) in [6, 6.07) is 6.40. The van der Waals surface area contributed by atoms with Crippen molar-refractivity contribution in [3.63, 3.8) is 0 Å². The zero-order valence-corrected chi connectivity index (χ0v) is 12.9. The molecule has 0 amide bonds. The van der Waals surface area contributed by atoms with Crippen molar-refractivity contribution in [1.82, 2.24) is 0 Å². The van der Waals surface area contributed by atoms with Gasteiger partial charge in [0.05, 0.1) is 7.11 Å². The zero-order valence-electron chi connectivity index (χ0n) is 12.1. The van der Waals surface area contributed by atoms with Crippen LogP contribution in [0.2, 0.25) is 0 Å². The van der Waals surface area contributed by atoms with E-state index < -0.39 is 0 Å². The summed E-state index contributed by atoms with van der Waals surface area (Å²) in [5.41, 5.74) is 8.77. The van der Waals surface area contributed by atoms with E-state index in [0.717, 1.165) is 17.7 Å². The molecule has 18 heavy (non-hydrogen) atoms. The molecule has 0 spiro atoms. The summed E-state index contributed by atoms with van der Waals surface area (Å²) in [5.74, 6) is 1.89. The molecule has 3 heteroatoms. The molecular weight excluding hydrogens is 246 g/mol. The van der Waals surface area contributed by atoms with E-state index in [4.69, 9.17) is 10.5 Å². The van der Waals surface area contributed by atoms with Crippen molar-refractivity contribution in [1.29, 1.82) is 0 Å². The van der Waals surface area contributed by atoms with Crippen LogP contribution in [0, 0.1) is 5.92 Å². The van der Waals surface area contributed by atoms with Gasteiger partial charge in [0.25, 0.3) is 0 Å². The second kappa shape index (κ2) is 7.65. The van der Waals surface area contributed by atoms with Gasteiger partial charge in [-0.25, -0.2) is 0 Å². The van der Waals surface area contributed by atoms with E-state index in [2.05, 4.69) is 39.8 Å². The van der Waals surface area contributed by atoms with E-state index in [0.29, 0.717) is 11.8 Å².